The van der Waals surface area contributed by atoms with E-state index in [4.69, 9.17) is 11.6 Å². The van der Waals surface area contributed by atoms with Crippen LogP contribution in [0.25, 0.3) is 10.9 Å². The van der Waals surface area contributed by atoms with Crippen LogP contribution >= 0.6 is 11.6 Å². The van der Waals surface area contributed by atoms with Crippen molar-refractivity contribution < 1.29 is 9.18 Å². The van der Waals surface area contributed by atoms with E-state index in [9.17, 15) is 9.18 Å². The van der Waals surface area contributed by atoms with Crippen molar-refractivity contribution in [1.82, 2.24) is 9.88 Å². The maximum atomic E-state index is 13.7. The zero-order valence-electron chi connectivity index (χ0n) is 15.2. The van der Waals surface area contributed by atoms with E-state index in [1.807, 2.05) is 24.3 Å². The van der Waals surface area contributed by atoms with E-state index in [2.05, 4.69) is 20.1 Å². The number of para-hydroxylation sites is 1. The summed E-state index contributed by atoms with van der Waals surface area (Å²) in [4.78, 5) is 21.0. The van der Waals surface area contributed by atoms with Crippen LogP contribution in [0.3, 0.4) is 0 Å². The largest absolute Gasteiger partial charge is 0.368 e. The third-order valence-corrected chi connectivity index (χ3v) is 5.14. The van der Waals surface area contributed by atoms with Gasteiger partial charge in [0.2, 0.25) is 5.91 Å². The second-order valence-corrected chi connectivity index (χ2v) is 7.22. The molecule has 0 spiro atoms. The molecular weight excluding hydrogens is 379 g/mol. The number of nitrogens with one attached hydrogen (secondary N) is 1. The van der Waals surface area contributed by atoms with Gasteiger partial charge in [-0.25, -0.2) is 4.39 Å². The summed E-state index contributed by atoms with van der Waals surface area (Å²) >= 11 is 6.16. The number of hydrogen-bond donors (Lipinski definition) is 1. The minimum atomic E-state index is -0.427. The van der Waals surface area contributed by atoms with Crippen molar-refractivity contribution in [2.24, 2.45) is 0 Å². The first-order chi connectivity index (χ1) is 13.6. The third-order valence-electron chi connectivity index (χ3n) is 4.91. The van der Waals surface area contributed by atoms with Crippen LogP contribution in [0.5, 0.6) is 0 Å². The Hall–Kier alpha value is -2.70. The molecule has 0 unspecified atom stereocenters. The number of amides is 1. The molecule has 0 saturated carbocycles. The molecule has 1 aliphatic rings. The van der Waals surface area contributed by atoms with Crippen molar-refractivity contribution in [1.29, 1.82) is 0 Å². The summed E-state index contributed by atoms with van der Waals surface area (Å²) in [5.41, 5.74) is 2.22. The molecule has 1 fully saturated rings. The van der Waals surface area contributed by atoms with E-state index in [1.54, 1.807) is 24.4 Å². The Morgan fingerprint density at radius 2 is 1.89 bits per heavy atom. The fourth-order valence-electron chi connectivity index (χ4n) is 3.48. The number of carbonyl (C=O) groups excluding carboxylic acids is 1. The second kappa shape index (κ2) is 8.12. The van der Waals surface area contributed by atoms with Crippen LogP contribution in [-0.4, -0.2) is 48.5 Å². The number of rotatable bonds is 4. The van der Waals surface area contributed by atoms with E-state index in [0.717, 1.165) is 42.8 Å². The van der Waals surface area contributed by atoms with Crippen LogP contribution < -0.4 is 10.2 Å². The zero-order chi connectivity index (χ0) is 19.5. The molecular formula is C21H20ClFN4O. The number of benzene rings is 2. The number of pyridine rings is 1. The van der Waals surface area contributed by atoms with Crippen LogP contribution in [0.4, 0.5) is 15.8 Å². The van der Waals surface area contributed by atoms with Crippen LogP contribution in [0.2, 0.25) is 5.02 Å². The SMILES string of the molecule is O=C(CN1CCN(c2ccnc3ccc(Cl)cc23)CC1)Nc1ccccc1F. The number of aromatic nitrogens is 1. The highest BCUT2D eigenvalue weighted by atomic mass is 35.5. The molecule has 1 N–H and O–H groups in total. The number of piperazine rings is 1. The molecule has 144 valence electrons. The summed E-state index contributed by atoms with van der Waals surface area (Å²) in [6.45, 7) is 3.31. The summed E-state index contributed by atoms with van der Waals surface area (Å²) in [5.74, 6) is -0.636. The van der Waals surface area contributed by atoms with Gasteiger partial charge in [-0.05, 0) is 36.4 Å². The van der Waals surface area contributed by atoms with Crippen molar-refractivity contribution in [2.45, 2.75) is 0 Å². The molecule has 0 aliphatic carbocycles. The minimum absolute atomic E-state index is 0.209. The molecule has 4 rings (SSSR count). The minimum Gasteiger partial charge on any atom is -0.368 e. The summed E-state index contributed by atoms with van der Waals surface area (Å²) < 4.78 is 13.7. The molecule has 1 aromatic heterocycles. The third kappa shape index (κ3) is 4.08. The van der Waals surface area contributed by atoms with E-state index in [0.29, 0.717) is 5.02 Å². The first-order valence-electron chi connectivity index (χ1n) is 9.16. The first-order valence-corrected chi connectivity index (χ1v) is 9.54. The number of carbonyl (C=O) groups is 1. The molecule has 7 heteroatoms. The van der Waals surface area contributed by atoms with E-state index >= 15 is 0 Å². The molecule has 2 aromatic carbocycles. The van der Waals surface area contributed by atoms with Gasteiger partial charge in [0.25, 0.3) is 0 Å². The average Bonchev–Trinajstić information content (AvgIpc) is 2.70. The first kappa shape index (κ1) is 18.7. The van der Waals surface area contributed by atoms with Crippen molar-refractivity contribution in [2.75, 3.05) is 42.9 Å². The number of nitrogens with zero attached hydrogens (tertiary/aromatic N) is 3. The summed E-state index contributed by atoms with van der Waals surface area (Å²) in [6, 6.07) is 13.9. The quantitative estimate of drug-likeness (QED) is 0.726. The van der Waals surface area contributed by atoms with Gasteiger partial charge in [0.15, 0.2) is 0 Å². The van der Waals surface area contributed by atoms with Gasteiger partial charge in [-0.3, -0.25) is 14.7 Å². The number of hydrogen-bond acceptors (Lipinski definition) is 4. The summed E-state index contributed by atoms with van der Waals surface area (Å²) in [5, 5.41) is 4.35. The van der Waals surface area contributed by atoms with E-state index in [-0.39, 0.29) is 18.1 Å². The molecule has 0 bridgehead atoms. The van der Waals surface area contributed by atoms with Crippen LogP contribution in [-0.2, 0) is 4.79 Å². The van der Waals surface area contributed by atoms with Crippen molar-refractivity contribution in [3.8, 4) is 0 Å². The lowest BCUT2D eigenvalue weighted by Crippen LogP contribution is -2.48. The number of halogens is 2. The predicted octanol–water partition coefficient (Wildman–Crippen LogP) is 3.79. The van der Waals surface area contributed by atoms with E-state index in [1.165, 1.54) is 6.07 Å². The van der Waals surface area contributed by atoms with Crippen molar-refractivity contribution >= 4 is 39.8 Å². The molecule has 5 nitrogen and oxygen atoms in total. The van der Waals surface area contributed by atoms with Crippen LogP contribution in [0.15, 0.2) is 54.7 Å². The van der Waals surface area contributed by atoms with Gasteiger partial charge in [-0.2, -0.15) is 0 Å². The average molecular weight is 399 g/mol. The van der Waals surface area contributed by atoms with Gasteiger partial charge < -0.3 is 10.2 Å². The second-order valence-electron chi connectivity index (χ2n) is 6.78. The number of fused-ring (bicyclic) bond motifs is 1. The Labute approximate surface area is 167 Å². The Morgan fingerprint density at radius 3 is 2.68 bits per heavy atom. The van der Waals surface area contributed by atoms with Gasteiger partial charge in [0, 0.05) is 48.5 Å². The molecule has 1 aliphatic heterocycles. The smallest absolute Gasteiger partial charge is 0.238 e. The molecule has 2 heterocycles. The van der Waals surface area contributed by atoms with Gasteiger partial charge >= 0.3 is 0 Å². The topological polar surface area (TPSA) is 48.5 Å². The maximum Gasteiger partial charge on any atom is 0.238 e. The van der Waals surface area contributed by atoms with Gasteiger partial charge in [0.1, 0.15) is 5.82 Å². The van der Waals surface area contributed by atoms with Gasteiger partial charge in [0.05, 0.1) is 17.7 Å². The Morgan fingerprint density at radius 1 is 1.11 bits per heavy atom. The zero-order valence-corrected chi connectivity index (χ0v) is 16.0. The fourth-order valence-corrected chi connectivity index (χ4v) is 3.65. The lowest BCUT2D eigenvalue weighted by molar-refractivity contribution is -0.117. The Balaban J connectivity index is 1.38. The Kier molecular flexibility index (Phi) is 5.41. The molecule has 28 heavy (non-hydrogen) atoms. The molecule has 0 atom stereocenters. The van der Waals surface area contributed by atoms with Crippen LogP contribution in [0.1, 0.15) is 0 Å². The summed E-state index contributed by atoms with van der Waals surface area (Å²) in [6.07, 6.45) is 1.81. The standard InChI is InChI=1S/C21H20ClFN4O/c22-15-5-6-18-16(13-15)20(7-8-24-18)27-11-9-26(10-12-27)14-21(28)25-19-4-2-1-3-17(19)23/h1-8,13H,9-12,14H2,(H,25,28). The maximum absolute atomic E-state index is 13.7. The lowest BCUT2D eigenvalue weighted by atomic mass is 10.1. The van der Waals surface area contributed by atoms with Gasteiger partial charge in [-0.15, -0.1) is 0 Å². The predicted molar refractivity (Wildman–Crippen MR) is 110 cm³/mol. The highest BCUT2D eigenvalue weighted by Crippen LogP contribution is 2.28. The lowest BCUT2D eigenvalue weighted by Gasteiger charge is -2.36. The molecule has 3 aromatic rings. The Bertz CT molecular complexity index is 1000. The monoisotopic (exact) mass is 398 g/mol. The molecule has 1 saturated heterocycles. The summed E-state index contributed by atoms with van der Waals surface area (Å²) in [7, 11) is 0. The fraction of sp³-hybridized carbons (Fsp3) is 0.238. The highest BCUT2D eigenvalue weighted by molar-refractivity contribution is 6.31. The highest BCUT2D eigenvalue weighted by Gasteiger charge is 2.21. The van der Waals surface area contributed by atoms with Crippen LogP contribution in [0, 0.1) is 5.82 Å². The molecule has 0 radical (unpaired) electrons. The van der Waals surface area contributed by atoms with Gasteiger partial charge in [-0.1, -0.05) is 23.7 Å². The molecule has 1 amide bonds. The normalized spacial score (nSPS) is 15.0. The van der Waals surface area contributed by atoms with Crippen molar-refractivity contribution in [3.05, 3.63) is 65.6 Å². The van der Waals surface area contributed by atoms with Crippen molar-refractivity contribution in [3.63, 3.8) is 0 Å². The van der Waals surface area contributed by atoms with E-state index < -0.39 is 5.82 Å². The number of anilines is 2.